The van der Waals surface area contributed by atoms with Crippen molar-refractivity contribution in [3.05, 3.63) is 64.5 Å². The van der Waals surface area contributed by atoms with Crippen LogP contribution in [0.1, 0.15) is 17.4 Å². The summed E-state index contributed by atoms with van der Waals surface area (Å²) in [5, 5.41) is 8.33. The van der Waals surface area contributed by atoms with Crippen LogP contribution >= 0.6 is 15.9 Å². The van der Waals surface area contributed by atoms with Gasteiger partial charge in [0, 0.05) is 10.7 Å². The lowest BCUT2D eigenvalue weighted by Gasteiger charge is -2.10. The number of pyridine rings is 1. The summed E-state index contributed by atoms with van der Waals surface area (Å²) >= 11 is 3.45. The molecule has 0 radical (unpaired) electrons. The van der Waals surface area contributed by atoms with Crippen molar-refractivity contribution in [2.75, 3.05) is 0 Å². The summed E-state index contributed by atoms with van der Waals surface area (Å²) < 4.78 is 2.91. The average molecular weight is 317 g/mol. The van der Waals surface area contributed by atoms with Gasteiger partial charge in [0.25, 0.3) is 0 Å². The van der Waals surface area contributed by atoms with Gasteiger partial charge in [0.15, 0.2) is 11.5 Å². The maximum absolute atomic E-state index is 6.25. The van der Waals surface area contributed by atoms with Crippen molar-refractivity contribution in [1.29, 1.82) is 0 Å². The molecule has 3 aromatic rings. The fourth-order valence-corrected chi connectivity index (χ4v) is 2.43. The number of nitrogens with zero attached hydrogens (tertiary/aromatic N) is 3. The summed E-state index contributed by atoms with van der Waals surface area (Å²) in [6.45, 7) is 0. The first-order valence-corrected chi connectivity index (χ1v) is 6.83. The second-order valence-electron chi connectivity index (χ2n) is 4.43. The Morgan fingerprint density at radius 2 is 1.89 bits per heavy atom. The summed E-state index contributed by atoms with van der Waals surface area (Å²) in [4.78, 5) is 0. The van der Waals surface area contributed by atoms with Crippen LogP contribution in [-0.4, -0.2) is 14.6 Å². The van der Waals surface area contributed by atoms with Crippen molar-refractivity contribution in [2.24, 2.45) is 5.73 Å². The Labute approximate surface area is 119 Å². The van der Waals surface area contributed by atoms with Crippen LogP contribution in [0.2, 0.25) is 0 Å². The van der Waals surface area contributed by atoms with E-state index in [-0.39, 0.29) is 6.04 Å². The average Bonchev–Trinajstić information content (AvgIpc) is 2.82. The molecule has 0 bridgehead atoms. The molecule has 0 aliphatic carbocycles. The normalized spacial score (nSPS) is 12.7. The van der Waals surface area contributed by atoms with Gasteiger partial charge < -0.3 is 5.73 Å². The number of fused-ring (bicyclic) bond motifs is 1. The van der Waals surface area contributed by atoms with Crippen LogP contribution in [0.25, 0.3) is 5.65 Å². The number of nitrogens with two attached hydrogens (primary N) is 1. The fraction of sp³-hybridized carbons (Fsp3) is 0.143. The number of rotatable bonds is 3. The molecule has 2 aromatic heterocycles. The van der Waals surface area contributed by atoms with E-state index < -0.39 is 0 Å². The van der Waals surface area contributed by atoms with Gasteiger partial charge in [0.2, 0.25) is 0 Å². The van der Waals surface area contributed by atoms with Crippen molar-refractivity contribution in [3.8, 4) is 0 Å². The Morgan fingerprint density at radius 1 is 1.11 bits per heavy atom. The van der Waals surface area contributed by atoms with E-state index in [9.17, 15) is 0 Å². The van der Waals surface area contributed by atoms with Crippen molar-refractivity contribution in [2.45, 2.75) is 12.5 Å². The lowest BCUT2D eigenvalue weighted by atomic mass is 10.1. The first-order chi connectivity index (χ1) is 9.24. The number of halogens is 1. The molecule has 0 amide bonds. The van der Waals surface area contributed by atoms with Gasteiger partial charge in [-0.3, -0.25) is 4.40 Å². The van der Waals surface area contributed by atoms with E-state index in [4.69, 9.17) is 5.73 Å². The number of hydrogen-bond acceptors (Lipinski definition) is 3. The zero-order valence-corrected chi connectivity index (χ0v) is 11.8. The molecule has 0 aliphatic rings. The van der Waals surface area contributed by atoms with E-state index in [1.54, 1.807) is 0 Å². The summed E-state index contributed by atoms with van der Waals surface area (Å²) in [5.41, 5.74) is 8.25. The zero-order chi connectivity index (χ0) is 13.2. The van der Waals surface area contributed by atoms with Crippen LogP contribution in [0.15, 0.2) is 53.1 Å². The van der Waals surface area contributed by atoms with Crippen LogP contribution in [0.4, 0.5) is 0 Å². The Hall–Kier alpha value is -1.72. The minimum atomic E-state index is -0.174. The lowest BCUT2D eigenvalue weighted by Crippen LogP contribution is -2.16. The van der Waals surface area contributed by atoms with E-state index in [1.165, 1.54) is 5.56 Å². The standard InChI is InChI=1S/C14H13BrN4/c15-11-6-7-13-17-18-14(19(13)9-11)12(16)8-10-4-2-1-3-5-10/h1-7,9,12H,8,16H2. The van der Waals surface area contributed by atoms with Gasteiger partial charge in [-0.2, -0.15) is 0 Å². The lowest BCUT2D eigenvalue weighted by molar-refractivity contribution is 0.658. The van der Waals surface area contributed by atoms with Gasteiger partial charge in [-0.05, 0) is 40.0 Å². The van der Waals surface area contributed by atoms with Gasteiger partial charge >= 0.3 is 0 Å². The smallest absolute Gasteiger partial charge is 0.160 e. The Balaban J connectivity index is 1.93. The van der Waals surface area contributed by atoms with Gasteiger partial charge in [-0.15, -0.1) is 10.2 Å². The highest BCUT2D eigenvalue weighted by atomic mass is 79.9. The predicted octanol–water partition coefficient (Wildman–Crippen LogP) is 2.73. The molecule has 1 atom stereocenters. The van der Waals surface area contributed by atoms with Gasteiger partial charge in [-0.25, -0.2) is 0 Å². The SMILES string of the molecule is NC(Cc1ccccc1)c1nnc2ccc(Br)cn12. The maximum atomic E-state index is 6.25. The highest BCUT2D eigenvalue weighted by molar-refractivity contribution is 9.10. The molecule has 2 heterocycles. The minimum Gasteiger partial charge on any atom is -0.321 e. The molecular weight excluding hydrogens is 304 g/mol. The first-order valence-electron chi connectivity index (χ1n) is 6.04. The van der Waals surface area contributed by atoms with Crippen molar-refractivity contribution >= 4 is 21.6 Å². The predicted molar refractivity (Wildman–Crippen MR) is 77.8 cm³/mol. The molecule has 2 N–H and O–H groups in total. The van der Waals surface area contributed by atoms with Gasteiger partial charge in [0.1, 0.15) is 0 Å². The zero-order valence-electron chi connectivity index (χ0n) is 10.2. The Morgan fingerprint density at radius 3 is 2.68 bits per heavy atom. The molecule has 1 aromatic carbocycles. The largest absolute Gasteiger partial charge is 0.321 e. The molecule has 0 saturated heterocycles. The highest BCUT2D eigenvalue weighted by Crippen LogP contribution is 2.18. The topological polar surface area (TPSA) is 56.2 Å². The third-order valence-corrected chi connectivity index (χ3v) is 3.49. The Bertz CT molecular complexity index is 693. The van der Waals surface area contributed by atoms with Gasteiger partial charge in [-0.1, -0.05) is 30.3 Å². The molecule has 0 spiro atoms. The van der Waals surface area contributed by atoms with Gasteiger partial charge in [0.05, 0.1) is 6.04 Å². The molecule has 96 valence electrons. The van der Waals surface area contributed by atoms with Crippen LogP contribution in [0.3, 0.4) is 0 Å². The molecular formula is C14H13BrN4. The highest BCUT2D eigenvalue weighted by Gasteiger charge is 2.14. The number of hydrogen-bond donors (Lipinski definition) is 1. The number of benzene rings is 1. The van der Waals surface area contributed by atoms with Crippen LogP contribution < -0.4 is 5.73 Å². The second kappa shape index (κ2) is 5.11. The molecule has 1 unspecified atom stereocenters. The van der Waals surface area contributed by atoms with E-state index in [0.29, 0.717) is 0 Å². The monoisotopic (exact) mass is 316 g/mol. The number of aromatic nitrogens is 3. The van der Waals surface area contributed by atoms with E-state index >= 15 is 0 Å². The van der Waals surface area contributed by atoms with Crippen molar-refractivity contribution in [3.63, 3.8) is 0 Å². The molecule has 19 heavy (non-hydrogen) atoms. The fourth-order valence-electron chi connectivity index (χ4n) is 2.09. The van der Waals surface area contributed by atoms with Crippen LogP contribution in [-0.2, 0) is 6.42 Å². The summed E-state index contributed by atoms with van der Waals surface area (Å²) in [5.74, 6) is 0.778. The molecule has 5 heteroatoms. The van der Waals surface area contributed by atoms with Crippen LogP contribution in [0, 0.1) is 0 Å². The first kappa shape index (κ1) is 12.3. The van der Waals surface area contributed by atoms with E-state index in [1.807, 2.05) is 40.9 Å². The third kappa shape index (κ3) is 2.52. The van der Waals surface area contributed by atoms with E-state index in [0.717, 1.165) is 22.4 Å². The summed E-state index contributed by atoms with van der Waals surface area (Å²) in [6.07, 6.45) is 2.68. The van der Waals surface area contributed by atoms with E-state index in [2.05, 4.69) is 38.3 Å². The Kier molecular flexibility index (Phi) is 3.31. The molecule has 0 fully saturated rings. The molecule has 0 saturated carbocycles. The van der Waals surface area contributed by atoms with Crippen molar-refractivity contribution < 1.29 is 0 Å². The molecule has 0 aliphatic heterocycles. The molecule has 4 nitrogen and oxygen atoms in total. The molecule has 3 rings (SSSR count). The summed E-state index contributed by atoms with van der Waals surface area (Å²) in [6, 6.07) is 13.8. The quantitative estimate of drug-likeness (QED) is 0.808. The third-order valence-electron chi connectivity index (χ3n) is 3.02. The van der Waals surface area contributed by atoms with Crippen molar-refractivity contribution in [1.82, 2.24) is 14.6 Å². The van der Waals surface area contributed by atoms with Crippen LogP contribution in [0.5, 0.6) is 0 Å². The maximum Gasteiger partial charge on any atom is 0.160 e. The minimum absolute atomic E-state index is 0.174. The summed E-state index contributed by atoms with van der Waals surface area (Å²) in [7, 11) is 0. The second-order valence-corrected chi connectivity index (χ2v) is 5.35.